The molecule has 1 saturated heterocycles. The Kier molecular flexibility index (Phi) is 7.69. The standard InChI is InChI=1S/C23H33N3O3/c1-17-15-26(16-18(2)29-17)22(27)21-10-8-20(9-11-21)14-25-23(28)24-13-12-19-6-4-3-5-7-19/h6,8-11,17-18H,3-5,7,12-16H2,1-2H3,(H2,24,25,28). The molecule has 1 fully saturated rings. The molecule has 158 valence electrons. The number of ether oxygens (including phenoxy) is 1. The van der Waals surface area contributed by atoms with E-state index in [4.69, 9.17) is 4.74 Å². The number of carbonyl (C=O) groups excluding carboxylic acids is 2. The number of amides is 3. The molecule has 1 aromatic carbocycles. The largest absolute Gasteiger partial charge is 0.372 e. The molecule has 0 aromatic heterocycles. The highest BCUT2D eigenvalue weighted by atomic mass is 16.5. The van der Waals surface area contributed by atoms with Gasteiger partial charge in [-0.15, -0.1) is 0 Å². The van der Waals surface area contributed by atoms with Crippen LogP contribution in [0.25, 0.3) is 0 Å². The quantitative estimate of drug-likeness (QED) is 0.718. The summed E-state index contributed by atoms with van der Waals surface area (Å²) >= 11 is 0. The Bertz CT molecular complexity index is 719. The molecule has 0 saturated carbocycles. The minimum atomic E-state index is -0.155. The smallest absolute Gasteiger partial charge is 0.315 e. The van der Waals surface area contributed by atoms with E-state index in [1.54, 1.807) is 0 Å². The second kappa shape index (κ2) is 10.4. The van der Waals surface area contributed by atoms with E-state index in [0.29, 0.717) is 31.7 Å². The van der Waals surface area contributed by atoms with Crippen LogP contribution in [0.4, 0.5) is 4.79 Å². The highest BCUT2D eigenvalue weighted by molar-refractivity contribution is 5.94. The van der Waals surface area contributed by atoms with Gasteiger partial charge in [-0.1, -0.05) is 23.8 Å². The predicted molar refractivity (Wildman–Crippen MR) is 114 cm³/mol. The van der Waals surface area contributed by atoms with Gasteiger partial charge in [-0.25, -0.2) is 4.79 Å². The Hall–Kier alpha value is -2.34. The number of morpholine rings is 1. The minimum absolute atomic E-state index is 0.0290. The summed E-state index contributed by atoms with van der Waals surface area (Å²) in [6.45, 7) is 6.31. The van der Waals surface area contributed by atoms with Crippen LogP contribution in [0.15, 0.2) is 35.9 Å². The second-order valence-corrected chi connectivity index (χ2v) is 8.13. The van der Waals surface area contributed by atoms with Gasteiger partial charge in [-0.05, 0) is 63.6 Å². The van der Waals surface area contributed by atoms with Crippen LogP contribution in [0.3, 0.4) is 0 Å². The van der Waals surface area contributed by atoms with Gasteiger partial charge < -0.3 is 20.3 Å². The van der Waals surface area contributed by atoms with E-state index >= 15 is 0 Å². The maximum absolute atomic E-state index is 12.7. The van der Waals surface area contributed by atoms with Crippen molar-refractivity contribution >= 4 is 11.9 Å². The Labute approximate surface area is 173 Å². The molecule has 3 rings (SSSR count). The number of carbonyl (C=O) groups is 2. The molecule has 0 spiro atoms. The molecule has 2 unspecified atom stereocenters. The van der Waals surface area contributed by atoms with Crippen molar-refractivity contribution in [3.63, 3.8) is 0 Å². The van der Waals surface area contributed by atoms with Crippen LogP contribution in [0.2, 0.25) is 0 Å². The van der Waals surface area contributed by atoms with Crippen LogP contribution in [0.1, 0.15) is 61.9 Å². The molecule has 6 nitrogen and oxygen atoms in total. The Morgan fingerprint density at radius 2 is 1.79 bits per heavy atom. The fourth-order valence-electron chi connectivity index (χ4n) is 4.00. The third-order valence-electron chi connectivity index (χ3n) is 5.48. The third kappa shape index (κ3) is 6.60. The molecule has 2 atom stereocenters. The molecule has 29 heavy (non-hydrogen) atoms. The van der Waals surface area contributed by atoms with Gasteiger partial charge in [0.1, 0.15) is 0 Å². The van der Waals surface area contributed by atoms with Gasteiger partial charge in [-0.3, -0.25) is 4.79 Å². The van der Waals surface area contributed by atoms with E-state index in [1.807, 2.05) is 43.0 Å². The van der Waals surface area contributed by atoms with Gasteiger partial charge in [0.05, 0.1) is 12.2 Å². The predicted octanol–water partition coefficient (Wildman–Crippen LogP) is 3.63. The molecule has 2 N–H and O–H groups in total. The Morgan fingerprint density at radius 1 is 1.07 bits per heavy atom. The van der Waals surface area contributed by atoms with Crippen LogP contribution in [-0.2, 0) is 11.3 Å². The highest BCUT2D eigenvalue weighted by Crippen LogP contribution is 2.19. The minimum Gasteiger partial charge on any atom is -0.372 e. The van der Waals surface area contributed by atoms with E-state index in [0.717, 1.165) is 18.4 Å². The Balaban J connectivity index is 1.41. The summed E-state index contributed by atoms with van der Waals surface area (Å²) in [5.41, 5.74) is 3.09. The molecule has 3 amide bonds. The van der Waals surface area contributed by atoms with Gasteiger partial charge in [0.2, 0.25) is 0 Å². The second-order valence-electron chi connectivity index (χ2n) is 8.13. The van der Waals surface area contributed by atoms with Gasteiger partial charge in [-0.2, -0.15) is 0 Å². The van der Waals surface area contributed by atoms with Crippen molar-refractivity contribution in [3.8, 4) is 0 Å². The molecule has 1 aliphatic heterocycles. The lowest BCUT2D eigenvalue weighted by Crippen LogP contribution is -2.48. The van der Waals surface area contributed by atoms with Crippen molar-refractivity contribution in [2.24, 2.45) is 0 Å². The fraction of sp³-hybridized carbons (Fsp3) is 0.565. The molecule has 1 aliphatic carbocycles. The van der Waals surface area contributed by atoms with Gasteiger partial charge in [0.15, 0.2) is 0 Å². The number of nitrogens with one attached hydrogen (secondary N) is 2. The zero-order valence-electron chi connectivity index (χ0n) is 17.6. The topological polar surface area (TPSA) is 70.7 Å². The molecule has 2 aliphatic rings. The van der Waals surface area contributed by atoms with Crippen LogP contribution in [-0.4, -0.2) is 48.7 Å². The summed E-state index contributed by atoms with van der Waals surface area (Å²) < 4.78 is 5.70. The van der Waals surface area contributed by atoms with E-state index in [9.17, 15) is 9.59 Å². The summed E-state index contributed by atoms with van der Waals surface area (Å²) in [6, 6.07) is 7.30. The van der Waals surface area contributed by atoms with E-state index < -0.39 is 0 Å². The lowest BCUT2D eigenvalue weighted by Gasteiger charge is -2.35. The molecule has 6 heteroatoms. The van der Waals surface area contributed by atoms with Crippen molar-refractivity contribution in [2.45, 2.75) is 64.7 Å². The average molecular weight is 400 g/mol. The monoisotopic (exact) mass is 399 g/mol. The lowest BCUT2D eigenvalue weighted by molar-refractivity contribution is -0.0586. The number of benzene rings is 1. The number of allylic oxidation sites excluding steroid dienone is 1. The van der Waals surface area contributed by atoms with Crippen molar-refractivity contribution in [2.75, 3.05) is 19.6 Å². The van der Waals surface area contributed by atoms with E-state index in [-0.39, 0.29) is 24.1 Å². The molecule has 1 heterocycles. The summed E-state index contributed by atoms with van der Waals surface area (Å²) in [5.74, 6) is 0.0290. The lowest BCUT2D eigenvalue weighted by atomic mass is 9.97. The van der Waals surface area contributed by atoms with Crippen LogP contribution >= 0.6 is 0 Å². The van der Waals surface area contributed by atoms with E-state index in [2.05, 4.69) is 16.7 Å². The van der Waals surface area contributed by atoms with Crippen molar-refractivity contribution in [1.29, 1.82) is 0 Å². The van der Waals surface area contributed by atoms with Gasteiger partial charge in [0.25, 0.3) is 5.91 Å². The molecular formula is C23H33N3O3. The summed E-state index contributed by atoms with van der Waals surface area (Å²) in [4.78, 5) is 26.5. The average Bonchev–Trinajstić information content (AvgIpc) is 2.72. The molecule has 1 aromatic rings. The number of urea groups is 1. The van der Waals surface area contributed by atoms with Crippen LogP contribution in [0, 0.1) is 0 Å². The SMILES string of the molecule is CC1CN(C(=O)c2ccc(CNC(=O)NCCC3=CCCCC3)cc2)CC(C)O1. The highest BCUT2D eigenvalue weighted by Gasteiger charge is 2.26. The first-order valence-electron chi connectivity index (χ1n) is 10.7. The van der Waals surface area contributed by atoms with Crippen molar-refractivity contribution in [3.05, 3.63) is 47.0 Å². The molecule has 0 bridgehead atoms. The fourth-order valence-corrected chi connectivity index (χ4v) is 4.00. The van der Waals surface area contributed by atoms with E-state index in [1.165, 1.54) is 24.8 Å². The number of rotatable bonds is 6. The van der Waals surface area contributed by atoms with Gasteiger partial charge in [0, 0.05) is 31.7 Å². The summed E-state index contributed by atoms with van der Waals surface area (Å²) in [7, 11) is 0. The summed E-state index contributed by atoms with van der Waals surface area (Å²) in [5, 5.41) is 5.80. The number of hydrogen-bond acceptors (Lipinski definition) is 3. The van der Waals surface area contributed by atoms with Crippen molar-refractivity contribution in [1.82, 2.24) is 15.5 Å². The maximum Gasteiger partial charge on any atom is 0.315 e. The first-order valence-corrected chi connectivity index (χ1v) is 10.7. The van der Waals surface area contributed by atoms with Crippen molar-refractivity contribution < 1.29 is 14.3 Å². The number of hydrogen-bond donors (Lipinski definition) is 2. The molecule has 0 radical (unpaired) electrons. The third-order valence-corrected chi connectivity index (χ3v) is 5.48. The van der Waals surface area contributed by atoms with Crippen LogP contribution in [0.5, 0.6) is 0 Å². The summed E-state index contributed by atoms with van der Waals surface area (Å²) in [6.07, 6.45) is 8.23. The van der Waals surface area contributed by atoms with Gasteiger partial charge >= 0.3 is 6.03 Å². The Morgan fingerprint density at radius 3 is 2.45 bits per heavy atom. The zero-order valence-corrected chi connectivity index (χ0v) is 17.6. The first-order chi connectivity index (χ1) is 14.0. The normalized spacial score (nSPS) is 22.0. The maximum atomic E-state index is 12.7. The number of nitrogens with zero attached hydrogens (tertiary/aromatic N) is 1. The zero-order chi connectivity index (χ0) is 20.6. The van der Waals surface area contributed by atoms with Crippen LogP contribution < -0.4 is 10.6 Å². The first kappa shape index (κ1) is 21.4. The molecular weight excluding hydrogens is 366 g/mol.